The maximum Gasteiger partial charge on any atom is 0.407 e. The summed E-state index contributed by atoms with van der Waals surface area (Å²) in [5.74, 6) is 1.54. The lowest BCUT2D eigenvalue weighted by molar-refractivity contribution is 0.0491. The van der Waals surface area contributed by atoms with Crippen LogP contribution in [0.15, 0.2) is 94.7 Å². The first kappa shape index (κ1) is 44.0. The van der Waals surface area contributed by atoms with Crippen LogP contribution < -0.4 is 24.7 Å². The first-order valence-electron chi connectivity index (χ1n) is 19.3. The third kappa shape index (κ3) is 10.6. The quantitative estimate of drug-likeness (QED) is 0.124. The number of alkyl carbamates (subject to hydrolysis) is 1. The van der Waals surface area contributed by atoms with Crippen molar-refractivity contribution in [3.8, 4) is 28.6 Å². The molecule has 4 aromatic carbocycles. The summed E-state index contributed by atoms with van der Waals surface area (Å²) in [7, 11) is -4.85. The highest BCUT2D eigenvalue weighted by Gasteiger charge is 2.39. The van der Waals surface area contributed by atoms with Gasteiger partial charge in [-0.15, -0.1) is 5.10 Å². The summed E-state index contributed by atoms with van der Waals surface area (Å²) in [4.78, 5) is 11.5. The summed E-state index contributed by atoms with van der Waals surface area (Å²) in [6, 6.07) is 23.7. The molecule has 0 unspecified atom stereocenters. The van der Waals surface area contributed by atoms with Gasteiger partial charge in [0, 0.05) is 24.7 Å². The van der Waals surface area contributed by atoms with E-state index in [1.807, 2.05) is 12.1 Å². The maximum atomic E-state index is 15.6. The van der Waals surface area contributed by atoms with Crippen LogP contribution in [0.5, 0.6) is 17.2 Å². The Balaban J connectivity index is 1.52. The predicted octanol–water partition coefficient (Wildman–Crippen LogP) is 6.00. The Hall–Kier alpha value is -5.56. The van der Waals surface area contributed by atoms with E-state index in [-0.39, 0.29) is 43.0 Å². The summed E-state index contributed by atoms with van der Waals surface area (Å²) in [6.07, 6.45) is 1.59. The van der Waals surface area contributed by atoms with Crippen LogP contribution in [0.3, 0.4) is 0 Å². The van der Waals surface area contributed by atoms with Gasteiger partial charge in [-0.1, -0.05) is 42.5 Å². The second kappa shape index (κ2) is 18.4. The number of methoxy groups -OCH3 is 3. The second-order valence-corrected chi connectivity index (χ2v) is 19.0. The van der Waals surface area contributed by atoms with E-state index in [1.165, 1.54) is 29.3 Å². The molecule has 3 N–H and O–H groups in total. The molecule has 0 bridgehead atoms. The van der Waals surface area contributed by atoms with Crippen LogP contribution >= 0.6 is 0 Å². The molecule has 60 heavy (non-hydrogen) atoms. The minimum absolute atomic E-state index is 0.0260. The fourth-order valence-electron chi connectivity index (χ4n) is 7.27. The Bertz CT molecular complexity index is 2430. The zero-order valence-electron chi connectivity index (χ0n) is 34.5. The van der Waals surface area contributed by atoms with Gasteiger partial charge in [0.2, 0.25) is 20.0 Å². The Kier molecular flexibility index (Phi) is 13.5. The van der Waals surface area contributed by atoms with E-state index < -0.39 is 41.5 Å². The number of amides is 1. The fourth-order valence-corrected chi connectivity index (χ4v) is 10.2. The minimum atomic E-state index is -4.79. The van der Waals surface area contributed by atoms with Gasteiger partial charge in [0.1, 0.15) is 32.6 Å². The minimum Gasteiger partial charge on any atom is -0.497 e. The Morgan fingerprint density at radius 1 is 0.767 bits per heavy atom. The number of hydrogen-bond donors (Lipinski definition) is 2. The van der Waals surface area contributed by atoms with Gasteiger partial charge >= 0.3 is 6.09 Å². The van der Waals surface area contributed by atoms with Crippen molar-refractivity contribution < 1.29 is 40.6 Å². The molecule has 0 saturated heterocycles. The van der Waals surface area contributed by atoms with Crippen molar-refractivity contribution in [1.29, 1.82) is 0 Å². The molecule has 1 fully saturated rings. The number of ether oxygens (including phenoxy) is 4. The van der Waals surface area contributed by atoms with Crippen LogP contribution in [-0.4, -0.2) is 80.4 Å². The van der Waals surface area contributed by atoms with Crippen LogP contribution in [-0.2, 0) is 44.4 Å². The summed E-state index contributed by atoms with van der Waals surface area (Å²) < 4.78 is 82.7. The molecule has 16 nitrogen and oxygen atoms in total. The zero-order chi connectivity index (χ0) is 43.2. The normalized spacial score (nSPS) is 16.0. The van der Waals surface area contributed by atoms with Crippen LogP contribution in [0.2, 0.25) is 0 Å². The van der Waals surface area contributed by atoms with Gasteiger partial charge in [-0.25, -0.2) is 31.5 Å². The fraction of sp³-hybridized carbons (Fsp3) is 0.381. The smallest absolute Gasteiger partial charge is 0.407 e. The summed E-state index contributed by atoms with van der Waals surface area (Å²) in [5, 5.41) is 21.5. The van der Waals surface area contributed by atoms with Gasteiger partial charge in [0.05, 0.1) is 27.9 Å². The van der Waals surface area contributed by atoms with Gasteiger partial charge < -0.3 is 24.3 Å². The molecule has 0 atom stereocenters. The predicted molar refractivity (Wildman–Crippen MR) is 224 cm³/mol. The molecule has 18 heteroatoms. The number of nitrogens with zero attached hydrogens (tertiary/aromatic N) is 5. The van der Waals surface area contributed by atoms with E-state index in [4.69, 9.17) is 24.1 Å². The highest BCUT2D eigenvalue weighted by atomic mass is 32.2. The number of aromatic nitrogens is 4. The second-order valence-electron chi connectivity index (χ2n) is 15.6. The van der Waals surface area contributed by atoms with Gasteiger partial charge in [-0.05, 0) is 128 Å². The number of benzene rings is 4. The van der Waals surface area contributed by atoms with Crippen LogP contribution in [0.25, 0.3) is 11.4 Å². The molecule has 1 heterocycles. The van der Waals surface area contributed by atoms with Crippen molar-refractivity contribution in [2.24, 2.45) is 5.14 Å². The number of sulfonamides is 2. The lowest BCUT2D eigenvalue weighted by Crippen LogP contribution is -2.40. The lowest BCUT2D eigenvalue weighted by atomic mass is 9.80. The molecule has 6 rings (SSSR count). The van der Waals surface area contributed by atoms with E-state index in [1.54, 1.807) is 94.6 Å². The van der Waals surface area contributed by atoms with E-state index in [9.17, 15) is 13.2 Å². The monoisotopic (exact) mass is 861 g/mol. The summed E-state index contributed by atoms with van der Waals surface area (Å²) in [5.41, 5.74) is 1.88. The molecule has 0 radical (unpaired) electrons. The molecular weight excluding hydrogens is 811 g/mol. The average molecular weight is 862 g/mol. The largest absolute Gasteiger partial charge is 0.497 e. The van der Waals surface area contributed by atoms with E-state index in [2.05, 4.69) is 20.8 Å². The van der Waals surface area contributed by atoms with Crippen LogP contribution in [0.1, 0.15) is 74.6 Å². The van der Waals surface area contributed by atoms with Crippen molar-refractivity contribution in [2.45, 2.75) is 93.4 Å². The third-order valence-electron chi connectivity index (χ3n) is 10.2. The molecule has 1 aliphatic carbocycles. The molecule has 0 spiro atoms. The van der Waals surface area contributed by atoms with E-state index >= 15 is 8.42 Å². The summed E-state index contributed by atoms with van der Waals surface area (Å²) in [6.45, 7) is 5.19. The molecular formula is C42H51N7O9S2. The molecule has 0 aliphatic heterocycles. The average Bonchev–Trinajstić information content (AvgIpc) is 3.67. The summed E-state index contributed by atoms with van der Waals surface area (Å²) >= 11 is 0. The number of nitrogens with two attached hydrogens (primary N) is 1. The molecule has 1 aliphatic rings. The first-order chi connectivity index (χ1) is 28.5. The van der Waals surface area contributed by atoms with Crippen molar-refractivity contribution >= 4 is 26.1 Å². The van der Waals surface area contributed by atoms with Crippen molar-refractivity contribution in [3.63, 3.8) is 0 Å². The highest BCUT2D eigenvalue weighted by molar-refractivity contribution is 7.92. The number of primary sulfonamides is 1. The molecule has 320 valence electrons. The zero-order valence-corrected chi connectivity index (χ0v) is 36.1. The molecule has 1 amide bonds. The van der Waals surface area contributed by atoms with Crippen molar-refractivity contribution in [3.05, 3.63) is 107 Å². The Morgan fingerprint density at radius 3 is 1.73 bits per heavy atom. The van der Waals surface area contributed by atoms with E-state index in [0.717, 1.165) is 5.56 Å². The van der Waals surface area contributed by atoms with Gasteiger partial charge in [-0.3, -0.25) is 0 Å². The van der Waals surface area contributed by atoms with Crippen LogP contribution in [0, 0.1) is 0 Å². The van der Waals surface area contributed by atoms with Gasteiger partial charge in [0.25, 0.3) is 0 Å². The maximum absolute atomic E-state index is 15.6. The molecule has 1 aromatic heterocycles. The Labute approximate surface area is 351 Å². The van der Waals surface area contributed by atoms with Gasteiger partial charge in [-0.2, -0.15) is 4.31 Å². The number of rotatable bonds is 15. The Morgan fingerprint density at radius 2 is 1.27 bits per heavy atom. The third-order valence-corrected chi connectivity index (χ3v) is 13.2. The SMILES string of the molecule is COc1ccc(CN(Cc2ccc(OC)cc2)S(=O)(=O)c2c(S(N)(=O)=O)ccc(C3CCC(NC(=O)OC(C)(C)C)CC3)c2-c2nnnn2Cc2ccc(OC)cc2)cc1. The van der Waals surface area contributed by atoms with Gasteiger partial charge in [0.15, 0.2) is 5.82 Å². The van der Waals surface area contributed by atoms with Crippen molar-refractivity contribution in [1.82, 2.24) is 29.8 Å². The first-order valence-corrected chi connectivity index (χ1v) is 22.3. The number of carbonyl (C=O) groups excluding carboxylic acids is 1. The molecule has 1 saturated carbocycles. The van der Waals surface area contributed by atoms with Crippen molar-refractivity contribution in [2.75, 3.05) is 21.3 Å². The standard InChI is InChI=1S/C42H51N7O9S2/c1-42(2,3)58-41(50)44-32-15-13-31(14-16-32)36-23-24-37(59(43,51)52)39(38(36)40-45-46-47-49(40)27-30-11-21-35(57-6)22-12-30)60(53,54)48(25-28-7-17-33(55-4)18-8-28)26-29-9-19-34(56-5)20-10-29/h7-12,17-24,31-32H,13-16,25-27H2,1-6H3,(H,44,50)(H2,43,51,52). The van der Waals surface area contributed by atoms with Crippen LogP contribution in [0.4, 0.5) is 4.79 Å². The molecule has 5 aromatic rings. The number of nitrogens with one attached hydrogen (secondary N) is 1. The van der Waals surface area contributed by atoms with E-state index in [0.29, 0.717) is 59.6 Å². The highest BCUT2D eigenvalue weighted by Crippen LogP contribution is 2.44. The number of hydrogen-bond acceptors (Lipinski definition) is 12. The number of tetrazole rings is 1. The lowest BCUT2D eigenvalue weighted by Gasteiger charge is -2.32. The number of carbonyl (C=O) groups is 1. The topological polar surface area (TPSA) is 207 Å².